The molecule has 0 radical (unpaired) electrons. The minimum atomic E-state index is 0.357. The van der Waals surface area contributed by atoms with Crippen molar-refractivity contribution in [1.29, 1.82) is 0 Å². The van der Waals surface area contributed by atoms with E-state index in [1.165, 1.54) is 90.3 Å². The van der Waals surface area contributed by atoms with Crippen molar-refractivity contribution in [2.45, 2.75) is 110 Å². The first-order chi connectivity index (χ1) is 14.6. The fourth-order valence-electron chi connectivity index (χ4n) is 6.08. The Bertz CT molecular complexity index is 495. The van der Waals surface area contributed by atoms with Crippen molar-refractivity contribution >= 4 is 5.91 Å². The molecule has 1 unspecified atom stereocenters. The van der Waals surface area contributed by atoms with Gasteiger partial charge in [-0.1, -0.05) is 46.0 Å². The standard InChI is InChI=1S/C26H49N3O/c1-4-6-7-8-9-23-14-16-27(17-15-23)20-24-10-12-25(13-11-24)28-18-19-29(22(3)5-2)26(30)21-28/h22-25H,4-21H2,1-3H3. The molecule has 2 heterocycles. The normalized spacial score (nSPS) is 28.8. The van der Waals surface area contributed by atoms with Crippen LogP contribution in [0.2, 0.25) is 0 Å². The molecule has 1 atom stereocenters. The number of carbonyl (C=O) groups is 1. The first-order valence-electron chi connectivity index (χ1n) is 13.4. The highest BCUT2D eigenvalue weighted by atomic mass is 16.2. The predicted octanol–water partition coefficient (Wildman–Crippen LogP) is 5.17. The Morgan fingerprint density at radius 3 is 2.23 bits per heavy atom. The van der Waals surface area contributed by atoms with Gasteiger partial charge in [-0.05, 0) is 76.8 Å². The summed E-state index contributed by atoms with van der Waals surface area (Å²) in [7, 11) is 0. The van der Waals surface area contributed by atoms with Gasteiger partial charge in [0, 0.05) is 31.7 Å². The molecule has 0 N–H and O–H groups in total. The average Bonchev–Trinajstić information content (AvgIpc) is 2.78. The van der Waals surface area contributed by atoms with Crippen LogP contribution >= 0.6 is 0 Å². The molecule has 3 aliphatic rings. The summed E-state index contributed by atoms with van der Waals surface area (Å²) in [6.07, 6.45) is 16.4. The van der Waals surface area contributed by atoms with E-state index in [-0.39, 0.29) is 0 Å². The van der Waals surface area contributed by atoms with Crippen LogP contribution in [0.3, 0.4) is 0 Å². The van der Waals surface area contributed by atoms with Crippen LogP contribution in [0.1, 0.15) is 97.8 Å². The minimum Gasteiger partial charge on any atom is -0.338 e. The van der Waals surface area contributed by atoms with E-state index in [2.05, 4.69) is 35.5 Å². The Labute approximate surface area is 186 Å². The summed E-state index contributed by atoms with van der Waals surface area (Å²) in [5.74, 6) is 2.25. The van der Waals surface area contributed by atoms with Crippen molar-refractivity contribution in [3.8, 4) is 0 Å². The van der Waals surface area contributed by atoms with Crippen LogP contribution in [0.5, 0.6) is 0 Å². The molecule has 0 aromatic carbocycles. The van der Waals surface area contributed by atoms with Gasteiger partial charge in [0.2, 0.25) is 5.91 Å². The molecular formula is C26H49N3O. The second-order valence-corrected chi connectivity index (χ2v) is 10.6. The van der Waals surface area contributed by atoms with Crippen LogP contribution in [-0.4, -0.2) is 72.0 Å². The van der Waals surface area contributed by atoms with Crippen LogP contribution < -0.4 is 0 Å². The van der Waals surface area contributed by atoms with Gasteiger partial charge < -0.3 is 9.80 Å². The van der Waals surface area contributed by atoms with Gasteiger partial charge in [-0.3, -0.25) is 9.69 Å². The number of likely N-dealkylation sites (tertiary alicyclic amines) is 1. The Hall–Kier alpha value is -0.610. The SMILES string of the molecule is CCCCCCC1CCN(CC2CCC(N3CCN(C(C)CC)C(=O)C3)CC2)CC1. The third-order valence-corrected chi connectivity index (χ3v) is 8.43. The average molecular weight is 420 g/mol. The molecule has 4 heteroatoms. The lowest BCUT2D eigenvalue weighted by molar-refractivity contribution is -0.139. The number of unbranched alkanes of at least 4 members (excludes halogenated alkanes) is 3. The van der Waals surface area contributed by atoms with Crippen molar-refractivity contribution in [3.05, 3.63) is 0 Å². The van der Waals surface area contributed by atoms with Gasteiger partial charge in [-0.25, -0.2) is 0 Å². The first kappa shape index (κ1) is 24.0. The zero-order valence-corrected chi connectivity index (χ0v) is 20.3. The molecule has 0 spiro atoms. The first-order valence-corrected chi connectivity index (χ1v) is 13.4. The number of amides is 1. The summed E-state index contributed by atoms with van der Waals surface area (Å²) in [6, 6.07) is 1.05. The van der Waals surface area contributed by atoms with Gasteiger partial charge in [-0.15, -0.1) is 0 Å². The number of piperazine rings is 1. The van der Waals surface area contributed by atoms with E-state index in [1.807, 2.05) is 0 Å². The maximum absolute atomic E-state index is 12.6. The molecule has 3 fully saturated rings. The Morgan fingerprint density at radius 2 is 1.60 bits per heavy atom. The number of hydrogen-bond donors (Lipinski definition) is 0. The minimum absolute atomic E-state index is 0.357. The molecule has 0 aromatic heterocycles. The van der Waals surface area contributed by atoms with Gasteiger partial charge in [0.1, 0.15) is 0 Å². The largest absolute Gasteiger partial charge is 0.338 e. The van der Waals surface area contributed by atoms with E-state index in [1.54, 1.807) is 0 Å². The van der Waals surface area contributed by atoms with Crippen molar-refractivity contribution < 1.29 is 4.79 Å². The summed E-state index contributed by atoms with van der Waals surface area (Å²) < 4.78 is 0. The van der Waals surface area contributed by atoms with E-state index >= 15 is 0 Å². The van der Waals surface area contributed by atoms with Crippen LogP contribution in [0.25, 0.3) is 0 Å². The van der Waals surface area contributed by atoms with Crippen LogP contribution in [0.15, 0.2) is 0 Å². The molecule has 0 bridgehead atoms. The Balaban J connectivity index is 1.31. The summed E-state index contributed by atoms with van der Waals surface area (Å²) >= 11 is 0. The number of nitrogens with zero attached hydrogens (tertiary/aromatic N) is 3. The zero-order valence-electron chi connectivity index (χ0n) is 20.3. The molecule has 2 saturated heterocycles. The number of carbonyl (C=O) groups excluding carboxylic acids is 1. The van der Waals surface area contributed by atoms with E-state index in [4.69, 9.17) is 0 Å². The summed E-state index contributed by atoms with van der Waals surface area (Å²) in [6.45, 7) is 13.4. The molecule has 0 aromatic rings. The highest BCUT2D eigenvalue weighted by molar-refractivity contribution is 5.79. The predicted molar refractivity (Wildman–Crippen MR) is 127 cm³/mol. The lowest BCUT2D eigenvalue weighted by Gasteiger charge is -2.43. The van der Waals surface area contributed by atoms with Crippen LogP contribution in [-0.2, 0) is 4.79 Å². The molecule has 30 heavy (non-hydrogen) atoms. The van der Waals surface area contributed by atoms with Crippen molar-refractivity contribution in [3.63, 3.8) is 0 Å². The van der Waals surface area contributed by atoms with Gasteiger partial charge in [0.05, 0.1) is 6.54 Å². The third kappa shape index (κ3) is 6.95. The van der Waals surface area contributed by atoms with Gasteiger partial charge in [0.15, 0.2) is 0 Å². The van der Waals surface area contributed by atoms with Crippen molar-refractivity contribution in [2.24, 2.45) is 11.8 Å². The third-order valence-electron chi connectivity index (χ3n) is 8.43. The van der Waals surface area contributed by atoms with E-state index in [9.17, 15) is 4.79 Å². The highest BCUT2D eigenvalue weighted by Crippen LogP contribution is 2.31. The molecule has 4 nitrogen and oxygen atoms in total. The Morgan fingerprint density at radius 1 is 0.867 bits per heavy atom. The van der Waals surface area contributed by atoms with E-state index < -0.39 is 0 Å². The van der Waals surface area contributed by atoms with Gasteiger partial charge in [-0.2, -0.15) is 0 Å². The van der Waals surface area contributed by atoms with Crippen molar-refractivity contribution in [2.75, 3.05) is 39.3 Å². The number of hydrogen-bond acceptors (Lipinski definition) is 3. The smallest absolute Gasteiger partial charge is 0.237 e. The molecule has 3 rings (SSSR count). The monoisotopic (exact) mass is 419 g/mol. The quantitative estimate of drug-likeness (QED) is 0.457. The molecule has 1 saturated carbocycles. The zero-order chi connectivity index (χ0) is 21.3. The topological polar surface area (TPSA) is 26.8 Å². The molecule has 1 aliphatic carbocycles. The van der Waals surface area contributed by atoms with Gasteiger partial charge in [0.25, 0.3) is 0 Å². The highest BCUT2D eigenvalue weighted by Gasteiger charge is 2.33. The second-order valence-electron chi connectivity index (χ2n) is 10.6. The Kier molecular flexibility index (Phi) is 9.96. The summed E-state index contributed by atoms with van der Waals surface area (Å²) in [4.78, 5) is 20.0. The number of rotatable bonds is 10. The molecule has 174 valence electrons. The maximum Gasteiger partial charge on any atom is 0.237 e. The molecule has 1 amide bonds. The molecular weight excluding hydrogens is 370 g/mol. The fraction of sp³-hybridized carbons (Fsp3) is 0.962. The fourth-order valence-corrected chi connectivity index (χ4v) is 6.08. The maximum atomic E-state index is 12.6. The van der Waals surface area contributed by atoms with E-state index in [0.29, 0.717) is 24.5 Å². The van der Waals surface area contributed by atoms with Crippen LogP contribution in [0.4, 0.5) is 0 Å². The van der Waals surface area contributed by atoms with E-state index in [0.717, 1.165) is 31.3 Å². The van der Waals surface area contributed by atoms with Gasteiger partial charge >= 0.3 is 0 Å². The summed E-state index contributed by atoms with van der Waals surface area (Å²) in [5.41, 5.74) is 0. The summed E-state index contributed by atoms with van der Waals surface area (Å²) in [5, 5.41) is 0. The van der Waals surface area contributed by atoms with Crippen molar-refractivity contribution in [1.82, 2.24) is 14.7 Å². The lowest BCUT2D eigenvalue weighted by atomic mass is 9.84. The molecule has 2 aliphatic heterocycles. The second kappa shape index (κ2) is 12.4. The lowest BCUT2D eigenvalue weighted by Crippen LogP contribution is -2.56. The number of piperidine rings is 1. The van der Waals surface area contributed by atoms with Crippen LogP contribution in [0, 0.1) is 11.8 Å².